The number of rotatable bonds is 6. The molecule has 1 aromatic heterocycles. The van der Waals surface area contributed by atoms with Crippen molar-refractivity contribution in [3.05, 3.63) is 60.1 Å². The van der Waals surface area contributed by atoms with Gasteiger partial charge in [-0.05, 0) is 31.5 Å². The van der Waals surface area contributed by atoms with Crippen molar-refractivity contribution in [2.24, 2.45) is 0 Å². The van der Waals surface area contributed by atoms with Crippen molar-refractivity contribution in [2.45, 2.75) is 50.7 Å². The predicted molar refractivity (Wildman–Crippen MR) is 91.5 cm³/mol. The van der Waals surface area contributed by atoms with E-state index >= 15 is 0 Å². The first-order valence-corrected chi connectivity index (χ1v) is 8.70. The molecule has 0 amide bonds. The van der Waals surface area contributed by atoms with Crippen LogP contribution in [0.3, 0.4) is 0 Å². The van der Waals surface area contributed by atoms with Crippen LogP contribution in [0.4, 0.5) is 0 Å². The minimum Gasteiger partial charge on any atom is -0.469 e. The number of hydrogen-bond acceptors (Lipinski definition) is 2. The van der Waals surface area contributed by atoms with Crippen molar-refractivity contribution in [1.29, 1.82) is 0 Å². The third kappa shape index (κ3) is 4.46. The SMILES string of the molecule is CC1(C)C[C@@H]([NH2+]CC[C@@H](c2ccccc2)c2ccco2)CCO1. The molecule has 0 unspecified atom stereocenters. The van der Waals surface area contributed by atoms with Gasteiger partial charge < -0.3 is 14.5 Å². The number of hydrogen-bond donors (Lipinski definition) is 1. The zero-order valence-corrected chi connectivity index (χ0v) is 14.2. The summed E-state index contributed by atoms with van der Waals surface area (Å²) in [7, 11) is 0. The van der Waals surface area contributed by atoms with Crippen molar-refractivity contribution >= 4 is 0 Å². The molecule has 0 radical (unpaired) electrons. The molecule has 2 aromatic rings. The van der Waals surface area contributed by atoms with Crippen LogP contribution in [0, 0.1) is 0 Å². The van der Waals surface area contributed by atoms with Crippen molar-refractivity contribution < 1.29 is 14.5 Å². The lowest BCUT2D eigenvalue weighted by Gasteiger charge is -2.34. The van der Waals surface area contributed by atoms with Gasteiger partial charge in [-0.3, -0.25) is 0 Å². The standard InChI is InChI=1S/C20H27NO2/c1-20(2)15-17(11-14-23-20)21-12-10-18(19-9-6-13-22-19)16-7-4-3-5-8-16/h3-9,13,17-18,21H,10-12,14-15H2,1-2H3/p+1/t17-,18-/m0/s1. The van der Waals surface area contributed by atoms with Gasteiger partial charge in [-0.15, -0.1) is 0 Å². The molecular weight excluding hydrogens is 286 g/mol. The van der Waals surface area contributed by atoms with E-state index in [1.165, 1.54) is 5.56 Å². The molecule has 2 heterocycles. The van der Waals surface area contributed by atoms with Crippen LogP contribution in [0.2, 0.25) is 0 Å². The Morgan fingerprint density at radius 3 is 2.70 bits per heavy atom. The first-order chi connectivity index (χ1) is 11.1. The van der Waals surface area contributed by atoms with Gasteiger partial charge in [0.05, 0.1) is 31.1 Å². The van der Waals surface area contributed by atoms with Gasteiger partial charge in [-0.2, -0.15) is 0 Å². The molecule has 0 bridgehead atoms. The summed E-state index contributed by atoms with van der Waals surface area (Å²) in [5.74, 6) is 1.41. The maximum atomic E-state index is 5.82. The summed E-state index contributed by atoms with van der Waals surface area (Å²) in [5, 5.41) is 2.50. The second-order valence-corrected chi connectivity index (χ2v) is 7.15. The van der Waals surface area contributed by atoms with E-state index in [1.54, 1.807) is 6.26 Å². The molecule has 0 saturated carbocycles. The molecule has 2 N–H and O–H groups in total. The molecule has 124 valence electrons. The molecule has 1 saturated heterocycles. The molecule has 1 aromatic carbocycles. The Bertz CT molecular complexity index is 577. The van der Waals surface area contributed by atoms with Crippen LogP contribution in [0.25, 0.3) is 0 Å². The van der Waals surface area contributed by atoms with E-state index in [1.807, 2.05) is 6.07 Å². The highest BCUT2D eigenvalue weighted by Gasteiger charge is 2.31. The van der Waals surface area contributed by atoms with Gasteiger partial charge in [0, 0.05) is 25.2 Å². The molecule has 23 heavy (non-hydrogen) atoms. The van der Waals surface area contributed by atoms with Crippen LogP contribution < -0.4 is 5.32 Å². The highest BCUT2D eigenvalue weighted by Crippen LogP contribution is 2.27. The van der Waals surface area contributed by atoms with Crippen molar-refractivity contribution in [3.63, 3.8) is 0 Å². The van der Waals surface area contributed by atoms with Gasteiger partial charge in [0.25, 0.3) is 0 Å². The van der Waals surface area contributed by atoms with E-state index in [-0.39, 0.29) is 5.60 Å². The van der Waals surface area contributed by atoms with E-state index in [0.29, 0.717) is 12.0 Å². The molecule has 0 spiro atoms. The molecule has 1 aliphatic rings. The molecule has 3 rings (SSSR count). The van der Waals surface area contributed by atoms with E-state index in [9.17, 15) is 0 Å². The third-order valence-electron chi connectivity index (χ3n) is 4.78. The van der Waals surface area contributed by atoms with Gasteiger partial charge in [-0.25, -0.2) is 0 Å². The van der Waals surface area contributed by atoms with Gasteiger partial charge in [0.15, 0.2) is 0 Å². The Morgan fingerprint density at radius 2 is 2.00 bits per heavy atom. The van der Waals surface area contributed by atoms with Crippen LogP contribution >= 0.6 is 0 Å². The summed E-state index contributed by atoms with van der Waals surface area (Å²) < 4.78 is 11.5. The first kappa shape index (κ1) is 16.3. The predicted octanol–water partition coefficient (Wildman–Crippen LogP) is 3.32. The van der Waals surface area contributed by atoms with Crippen LogP contribution in [0.1, 0.15) is 50.4 Å². The zero-order valence-electron chi connectivity index (χ0n) is 14.2. The normalized spacial score (nSPS) is 21.9. The smallest absolute Gasteiger partial charge is 0.111 e. The van der Waals surface area contributed by atoms with Crippen molar-refractivity contribution in [1.82, 2.24) is 0 Å². The number of benzene rings is 1. The highest BCUT2D eigenvalue weighted by atomic mass is 16.5. The second kappa shape index (κ2) is 7.33. The number of quaternary nitrogens is 1. The van der Waals surface area contributed by atoms with Gasteiger partial charge in [0.1, 0.15) is 5.76 Å². The number of furan rings is 1. The van der Waals surface area contributed by atoms with E-state index in [2.05, 4.69) is 55.6 Å². The molecule has 1 aliphatic heterocycles. The molecule has 0 aliphatic carbocycles. The summed E-state index contributed by atoms with van der Waals surface area (Å²) >= 11 is 0. The second-order valence-electron chi connectivity index (χ2n) is 7.15. The lowest BCUT2D eigenvalue weighted by Crippen LogP contribution is -2.91. The zero-order chi connectivity index (χ0) is 16.1. The lowest BCUT2D eigenvalue weighted by atomic mass is 9.91. The quantitative estimate of drug-likeness (QED) is 0.888. The van der Waals surface area contributed by atoms with E-state index in [0.717, 1.165) is 38.2 Å². The molecule has 2 atom stereocenters. The van der Waals surface area contributed by atoms with Gasteiger partial charge in [-0.1, -0.05) is 30.3 Å². The summed E-state index contributed by atoms with van der Waals surface area (Å²) in [6, 6.07) is 15.4. The molecule has 3 nitrogen and oxygen atoms in total. The van der Waals surface area contributed by atoms with Crippen LogP contribution in [-0.2, 0) is 4.74 Å². The maximum Gasteiger partial charge on any atom is 0.111 e. The Balaban J connectivity index is 1.59. The van der Waals surface area contributed by atoms with E-state index in [4.69, 9.17) is 9.15 Å². The third-order valence-corrected chi connectivity index (χ3v) is 4.78. The minimum absolute atomic E-state index is 0.0270. The number of nitrogens with two attached hydrogens (primary N) is 1. The van der Waals surface area contributed by atoms with Crippen molar-refractivity contribution in [3.8, 4) is 0 Å². The minimum atomic E-state index is 0.0270. The molecule has 1 fully saturated rings. The van der Waals surface area contributed by atoms with Gasteiger partial charge >= 0.3 is 0 Å². The molecule has 3 heteroatoms. The fraction of sp³-hybridized carbons (Fsp3) is 0.500. The first-order valence-electron chi connectivity index (χ1n) is 8.70. The van der Waals surface area contributed by atoms with Crippen LogP contribution in [0.5, 0.6) is 0 Å². The lowest BCUT2D eigenvalue weighted by molar-refractivity contribution is -0.695. The summed E-state index contributed by atoms with van der Waals surface area (Å²) in [4.78, 5) is 0. The largest absolute Gasteiger partial charge is 0.469 e. The van der Waals surface area contributed by atoms with E-state index < -0.39 is 0 Å². The van der Waals surface area contributed by atoms with Crippen LogP contribution in [-0.4, -0.2) is 24.8 Å². The van der Waals surface area contributed by atoms with Crippen molar-refractivity contribution in [2.75, 3.05) is 13.2 Å². The monoisotopic (exact) mass is 314 g/mol. The average Bonchev–Trinajstić information content (AvgIpc) is 3.05. The average molecular weight is 314 g/mol. The highest BCUT2D eigenvalue weighted by molar-refractivity contribution is 5.26. The Labute approximate surface area is 139 Å². The Hall–Kier alpha value is -1.58. The summed E-state index contributed by atoms with van der Waals surface area (Å²) in [6.45, 7) is 6.39. The Kier molecular flexibility index (Phi) is 5.19. The number of ether oxygens (including phenoxy) is 1. The summed E-state index contributed by atoms with van der Waals surface area (Å²) in [6.07, 6.45) is 5.15. The fourth-order valence-electron chi connectivity index (χ4n) is 3.63. The fourth-order valence-corrected chi connectivity index (χ4v) is 3.63. The Morgan fingerprint density at radius 1 is 1.17 bits per heavy atom. The summed E-state index contributed by atoms with van der Waals surface area (Å²) in [5.41, 5.74) is 1.36. The maximum absolute atomic E-state index is 5.82. The topological polar surface area (TPSA) is 39.0 Å². The van der Waals surface area contributed by atoms with Gasteiger partial charge in [0.2, 0.25) is 0 Å². The van der Waals surface area contributed by atoms with Crippen LogP contribution in [0.15, 0.2) is 53.1 Å². The molecular formula is C20H28NO2+.